The van der Waals surface area contributed by atoms with E-state index in [1.54, 1.807) is 19.2 Å². The quantitative estimate of drug-likeness (QED) is 0.734. The Morgan fingerprint density at radius 2 is 2.13 bits per heavy atom. The van der Waals surface area contributed by atoms with Crippen LogP contribution in [0.25, 0.3) is 0 Å². The second kappa shape index (κ2) is 5.48. The normalized spacial score (nSPS) is 10.1. The van der Waals surface area contributed by atoms with Gasteiger partial charge in [-0.05, 0) is 6.07 Å². The van der Waals surface area contributed by atoms with Gasteiger partial charge < -0.3 is 15.2 Å². The lowest BCUT2D eigenvalue weighted by molar-refractivity contribution is 0.0997. The fourth-order valence-corrected chi connectivity index (χ4v) is 1.42. The van der Waals surface area contributed by atoms with Crippen LogP contribution in [0.3, 0.4) is 0 Å². The van der Waals surface area contributed by atoms with Gasteiger partial charge in [-0.2, -0.15) is 0 Å². The number of hydrogen-bond acceptors (Lipinski definition) is 4. The number of Topliss-reactive ketones (excluding diaryl/α,β-unsaturated/α-hetero) is 1. The van der Waals surface area contributed by atoms with Crippen molar-refractivity contribution in [2.45, 2.75) is 6.61 Å². The molecule has 4 nitrogen and oxygen atoms in total. The van der Waals surface area contributed by atoms with E-state index in [0.717, 1.165) is 5.56 Å². The maximum absolute atomic E-state index is 11.5. The summed E-state index contributed by atoms with van der Waals surface area (Å²) >= 11 is 0. The molecule has 0 atom stereocenters. The minimum absolute atomic E-state index is 0.0210. The predicted molar refractivity (Wildman–Crippen MR) is 57.1 cm³/mol. The van der Waals surface area contributed by atoms with Gasteiger partial charge in [0.1, 0.15) is 5.75 Å². The lowest BCUT2D eigenvalue weighted by atomic mass is 10.1. The van der Waals surface area contributed by atoms with Crippen molar-refractivity contribution < 1.29 is 14.3 Å². The molecule has 0 amide bonds. The average molecular weight is 209 g/mol. The molecule has 0 unspecified atom stereocenters. The Morgan fingerprint density at radius 3 is 2.67 bits per heavy atom. The van der Waals surface area contributed by atoms with Crippen LogP contribution in [0.1, 0.15) is 15.9 Å². The number of para-hydroxylation sites is 1. The summed E-state index contributed by atoms with van der Waals surface area (Å²) in [4.78, 5) is 11.5. The SMILES string of the molecule is COCc1cccc(C(=O)CN)c1OC. The molecule has 2 N–H and O–H groups in total. The average Bonchev–Trinajstić information content (AvgIpc) is 2.28. The molecule has 1 rings (SSSR count). The van der Waals surface area contributed by atoms with E-state index in [2.05, 4.69) is 0 Å². The van der Waals surface area contributed by atoms with Gasteiger partial charge in [0.2, 0.25) is 0 Å². The Labute approximate surface area is 89.0 Å². The highest BCUT2D eigenvalue weighted by Crippen LogP contribution is 2.24. The first kappa shape index (κ1) is 11.7. The van der Waals surface area contributed by atoms with E-state index in [1.165, 1.54) is 7.11 Å². The third-order valence-corrected chi connectivity index (χ3v) is 2.09. The number of nitrogens with two attached hydrogens (primary N) is 1. The Balaban J connectivity index is 3.15. The van der Waals surface area contributed by atoms with Crippen molar-refractivity contribution in [2.24, 2.45) is 5.73 Å². The van der Waals surface area contributed by atoms with Crippen LogP contribution < -0.4 is 10.5 Å². The van der Waals surface area contributed by atoms with Gasteiger partial charge in [-0.15, -0.1) is 0 Å². The highest BCUT2D eigenvalue weighted by atomic mass is 16.5. The van der Waals surface area contributed by atoms with Crippen LogP contribution in [0, 0.1) is 0 Å². The van der Waals surface area contributed by atoms with Crippen molar-refractivity contribution in [3.8, 4) is 5.75 Å². The van der Waals surface area contributed by atoms with Crippen molar-refractivity contribution in [1.29, 1.82) is 0 Å². The van der Waals surface area contributed by atoms with Crippen molar-refractivity contribution in [1.82, 2.24) is 0 Å². The van der Waals surface area contributed by atoms with Crippen molar-refractivity contribution in [3.63, 3.8) is 0 Å². The monoisotopic (exact) mass is 209 g/mol. The Morgan fingerprint density at radius 1 is 1.40 bits per heavy atom. The molecule has 0 heterocycles. The number of hydrogen-bond donors (Lipinski definition) is 1. The Kier molecular flexibility index (Phi) is 4.27. The van der Waals surface area contributed by atoms with Crippen molar-refractivity contribution in [2.75, 3.05) is 20.8 Å². The molecule has 82 valence electrons. The fourth-order valence-electron chi connectivity index (χ4n) is 1.42. The highest BCUT2D eigenvalue weighted by molar-refractivity contribution is 6.00. The third kappa shape index (κ3) is 2.55. The van der Waals surface area contributed by atoms with E-state index in [4.69, 9.17) is 15.2 Å². The van der Waals surface area contributed by atoms with Gasteiger partial charge in [0.15, 0.2) is 5.78 Å². The first-order valence-electron chi connectivity index (χ1n) is 4.62. The van der Waals surface area contributed by atoms with Gasteiger partial charge in [-0.1, -0.05) is 12.1 Å². The zero-order chi connectivity index (χ0) is 11.3. The summed E-state index contributed by atoms with van der Waals surface area (Å²) in [6.45, 7) is 0.391. The largest absolute Gasteiger partial charge is 0.496 e. The number of ether oxygens (including phenoxy) is 2. The van der Waals surface area contributed by atoms with Crippen LogP contribution in [0.15, 0.2) is 18.2 Å². The van der Waals surface area contributed by atoms with Crippen LogP contribution in [-0.4, -0.2) is 26.5 Å². The van der Waals surface area contributed by atoms with Crippen molar-refractivity contribution >= 4 is 5.78 Å². The third-order valence-electron chi connectivity index (χ3n) is 2.09. The van der Waals surface area contributed by atoms with E-state index in [-0.39, 0.29) is 12.3 Å². The molecule has 0 aliphatic rings. The van der Waals surface area contributed by atoms with Gasteiger partial charge in [0, 0.05) is 12.7 Å². The number of rotatable bonds is 5. The second-order valence-electron chi connectivity index (χ2n) is 3.06. The molecule has 0 aliphatic carbocycles. The molecule has 4 heteroatoms. The van der Waals surface area contributed by atoms with Crippen LogP contribution in [0.2, 0.25) is 0 Å². The maximum Gasteiger partial charge on any atom is 0.180 e. The van der Waals surface area contributed by atoms with Crippen LogP contribution in [0.4, 0.5) is 0 Å². The molecular weight excluding hydrogens is 194 g/mol. The molecule has 0 aromatic heterocycles. The number of methoxy groups -OCH3 is 2. The summed E-state index contributed by atoms with van der Waals surface area (Å²) in [5.74, 6) is 0.416. The van der Waals surface area contributed by atoms with Gasteiger partial charge in [0.05, 0.1) is 25.8 Å². The maximum atomic E-state index is 11.5. The summed E-state index contributed by atoms with van der Waals surface area (Å²) in [6, 6.07) is 5.35. The topological polar surface area (TPSA) is 61.5 Å². The molecule has 1 aromatic carbocycles. The highest BCUT2D eigenvalue weighted by Gasteiger charge is 2.13. The van der Waals surface area contributed by atoms with Gasteiger partial charge >= 0.3 is 0 Å². The zero-order valence-corrected chi connectivity index (χ0v) is 8.95. The van der Waals surface area contributed by atoms with Gasteiger partial charge in [0.25, 0.3) is 0 Å². The summed E-state index contributed by atoms with van der Waals surface area (Å²) in [7, 11) is 3.12. The number of ketones is 1. The first-order valence-corrected chi connectivity index (χ1v) is 4.62. The van der Waals surface area contributed by atoms with E-state index >= 15 is 0 Å². The van der Waals surface area contributed by atoms with Crippen LogP contribution in [0.5, 0.6) is 5.75 Å². The van der Waals surface area contributed by atoms with E-state index < -0.39 is 0 Å². The molecule has 0 bridgehead atoms. The Hall–Kier alpha value is -1.39. The number of benzene rings is 1. The predicted octanol–water partition coefficient (Wildman–Crippen LogP) is 0.983. The molecule has 15 heavy (non-hydrogen) atoms. The molecular formula is C11H15NO3. The van der Waals surface area contributed by atoms with Gasteiger partial charge in [-0.25, -0.2) is 0 Å². The lowest BCUT2D eigenvalue weighted by Gasteiger charge is -2.11. The van der Waals surface area contributed by atoms with Crippen molar-refractivity contribution in [3.05, 3.63) is 29.3 Å². The molecule has 0 fully saturated rings. The minimum atomic E-state index is -0.134. The molecule has 0 aliphatic heterocycles. The molecule has 0 saturated heterocycles. The fraction of sp³-hybridized carbons (Fsp3) is 0.364. The zero-order valence-electron chi connectivity index (χ0n) is 8.95. The summed E-state index contributed by atoms with van der Waals surface area (Å²) < 4.78 is 10.2. The summed E-state index contributed by atoms with van der Waals surface area (Å²) in [5.41, 5.74) is 6.67. The van der Waals surface area contributed by atoms with Crippen LogP contribution in [-0.2, 0) is 11.3 Å². The smallest absolute Gasteiger partial charge is 0.180 e. The van der Waals surface area contributed by atoms with E-state index in [9.17, 15) is 4.79 Å². The molecule has 0 radical (unpaired) electrons. The van der Waals surface area contributed by atoms with E-state index in [1.807, 2.05) is 6.07 Å². The molecule has 0 saturated carbocycles. The summed E-state index contributed by atoms with van der Waals surface area (Å²) in [6.07, 6.45) is 0. The second-order valence-corrected chi connectivity index (χ2v) is 3.06. The van der Waals surface area contributed by atoms with E-state index in [0.29, 0.717) is 17.9 Å². The number of carbonyl (C=O) groups is 1. The number of carbonyl (C=O) groups excluding carboxylic acids is 1. The standard InChI is InChI=1S/C11H15NO3/c1-14-7-8-4-3-5-9(10(13)6-12)11(8)15-2/h3-5H,6-7,12H2,1-2H3. The summed E-state index contributed by atoms with van der Waals surface area (Å²) in [5, 5.41) is 0. The minimum Gasteiger partial charge on any atom is -0.496 e. The first-order chi connectivity index (χ1) is 7.24. The molecule has 0 spiro atoms. The van der Waals surface area contributed by atoms with Gasteiger partial charge in [-0.3, -0.25) is 4.79 Å². The molecule has 1 aromatic rings. The Bertz CT molecular complexity index is 350. The lowest BCUT2D eigenvalue weighted by Crippen LogP contribution is -2.15. The van der Waals surface area contributed by atoms with Crippen LogP contribution >= 0.6 is 0 Å².